The van der Waals surface area contributed by atoms with Crippen LogP contribution in [0.4, 0.5) is 5.69 Å². The van der Waals surface area contributed by atoms with E-state index in [2.05, 4.69) is 4.85 Å². The summed E-state index contributed by atoms with van der Waals surface area (Å²) in [5, 5.41) is 12.4. The Morgan fingerprint density at radius 3 is 2.56 bits per heavy atom. The van der Waals surface area contributed by atoms with Crippen molar-refractivity contribution < 1.29 is 4.92 Å². The van der Waals surface area contributed by atoms with Crippen molar-refractivity contribution in [2.75, 3.05) is 0 Å². The molecule has 0 bridgehead atoms. The van der Waals surface area contributed by atoms with Crippen molar-refractivity contribution in [1.82, 2.24) is 0 Å². The van der Waals surface area contributed by atoms with Crippen molar-refractivity contribution in [3.8, 4) is 0 Å². The van der Waals surface area contributed by atoms with Crippen LogP contribution in [0.3, 0.4) is 0 Å². The predicted molar refractivity (Wildman–Crippen MR) is 71.9 cm³/mol. The number of non-ortho nitro benzene ring substituents is 1. The van der Waals surface area contributed by atoms with Crippen LogP contribution in [-0.4, -0.2) is 4.92 Å². The Bertz CT molecular complexity index is 622. The third-order valence-corrected chi connectivity index (χ3v) is 3.19. The number of hydrogen-bond acceptors (Lipinski definition) is 3. The Morgan fingerprint density at radius 1 is 1.33 bits per heavy atom. The Labute approximate surface area is 108 Å². The molecule has 5 heteroatoms. The molecule has 0 radical (unpaired) electrons. The highest BCUT2D eigenvalue weighted by Gasteiger charge is 2.05. The highest BCUT2D eigenvalue weighted by Crippen LogP contribution is 2.24. The zero-order valence-corrected chi connectivity index (χ0v) is 10.1. The van der Waals surface area contributed by atoms with Gasteiger partial charge in [0.2, 0.25) is 5.70 Å². The molecule has 0 saturated heterocycles. The predicted octanol–water partition coefficient (Wildman–Crippen LogP) is 4.07. The van der Waals surface area contributed by atoms with E-state index in [1.165, 1.54) is 23.5 Å². The maximum absolute atomic E-state index is 10.5. The van der Waals surface area contributed by atoms with Gasteiger partial charge in [-0.25, -0.2) is 4.85 Å². The van der Waals surface area contributed by atoms with Gasteiger partial charge in [-0.05, 0) is 29.2 Å². The van der Waals surface area contributed by atoms with Crippen molar-refractivity contribution in [2.24, 2.45) is 0 Å². The van der Waals surface area contributed by atoms with Crippen molar-refractivity contribution in [3.05, 3.63) is 73.8 Å². The molecule has 0 spiro atoms. The second kappa shape index (κ2) is 5.25. The zero-order valence-electron chi connectivity index (χ0n) is 9.24. The molecule has 18 heavy (non-hydrogen) atoms. The van der Waals surface area contributed by atoms with E-state index in [0.29, 0.717) is 5.70 Å². The van der Waals surface area contributed by atoms with E-state index in [4.69, 9.17) is 6.57 Å². The minimum atomic E-state index is -0.442. The number of nitro benzene ring substituents is 1. The first kappa shape index (κ1) is 12.0. The molecule has 4 nitrogen and oxygen atoms in total. The average Bonchev–Trinajstić information content (AvgIpc) is 2.90. The largest absolute Gasteiger partial charge is 0.269 e. The number of benzene rings is 1. The molecular formula is C13H8N2O2S. The third-order valence-electron chi connectivity index (χ3n) is 2.30. The fraction of sp³-hybridized carbons (Fsp3) is 0. The third kappa shape index (κ3) is 2.62. The lowest BCUT2D eigenvalue weighted by molar-refractivity contribution is -0.384. The summed E-state index contributed by atoms with van der Waals surface area (Å²) in [5.41, 5.74) is 1.37. The van der Waals surface area contributed by atoms with Gasteiger partial charge in [-0.15, -0.1) is 0 Å². The molecule has 0 aliphatic heterocycles. The second-order valence-electron chi connectivity index (χ2n) is 3.47. The molecule has 1 aromatic heterocycles. The summed E-state index contributed by atoms with van der Waals surface area (Å²) in [4.78, 5) is 14.4. The van der Waals surface area contributed by atoms with E-state index in [1.54, 1.807) is 18.2 Å². The van der Waals surface area contributed by atoms with Crippen LogP contribution in [0.25, 0.3) is 16.6 Å². The lowest BCUT2D eigenvalue weighted by atomic mass is 10.1. The molecule has 2 aromatic rings. The quantitative estimate of drug-likeness (QED) is 0.472. The smallest absolute Gasteiger partial charge is 0.258 e. The Morgan fingerprint density at radius 2 is 2.06 bits per heavy atom. The Balaban J connectivity index is 2.32. The van der Waals surface area contributed by atoms with Gasteiger partial charge in [0.1, 0.15) is 0 Å². The molecule has 0 N–H and O–H groups in total. The molecule has 1 heterocycles. The van der Waals surface area contributed by atoms with Crippen LogP contribution in [0.2, 0.25) is 0 Å². The molecule has 1 aromatic carbocycles. The molecule has 0 saturated carbocycles. The summed E-state index contributed by atoms with van der Waals surface area (Å²) >= 11 is 1.49. The van der Waals surface area contributed by atoms with Crippen molar-refractivity contribution in [1.29, 1.82) is 0 Å². The van der Waals surface area contributed by atoms with Gasteiger partial charge in [0, 0.05) is 17.0 Å². The number of nitro groups is 1. The minimum Gasteiger partial charge on any atom is -0.258 e. The lowest BCUT2D eigenvalue weighted by Gasteiger charge is -1.96. The van der Waals surface area contributed by atoms with E-state index in [-0.39, 0.29) is 5.69 Å². The van der Waals surface area contributed by atoms with Crippen LogP contribution in [0.15, 0.2) is 41.8 Å². The van der Waals surface area contributed by atoms with E-state index < -0.39 is 4.92 Å². The monoisotopic (exact) mass is 256 g/mol. The first-order valence-corrected chi connectivity index (χ1v) is 5.96. The summed E-state index contributed by atoms with van der Waals surface area (Å²) in [5.74, 6) is 0. The highest BCUT2D eigenvalue weighted by atomic mass is 32.1. The second-order valence-corrected chi connectivity index (χ2v) is 4.42. The molecule has 2 rings (SSSR count). The zero-order chi connectivity index (χ0) is 13.0. The normalized spacial score (nSPS) is 10.9. The number of thiophene rings is 1. The van der Waals surface area contributed by atoms with Gasteiger partial charge >= 0.3 is 0 Å². The highest BCUT2D eigenvalue weighted by molar-refractivity contribution is 7.11. The summed E-state index contributed by atoms with van der Waals surface area (Å²) < 4.78 is 0. The van der Waals surface area contributed by atoms with E-state index >= 15 is 0 Å². The van der Waals surface area contributed by atoms with Crippen molar-refractivity contribution in [3.63, 3.8) is 0 Å². The first-order valence-electron chi connectivity index (χ1n) is 5.08. The van der Waals surface area contributed by atoms with E-state index in [0.717, 1.165) is 10.4 Å². The standard InChI is InChI=1S/C13H8N2O2S/c1-14-12(13-3-2-8-18-13)9-10-4-6-11(7-5-10)15(16)17/h2-9H/b12-9-. The molecular weight excluding hydrogens is 248 g/mol. The van der Waals surface area contributed by atoms with Crippen LogP contribution in [0.5, 0.6) is 0 Å². The summed E-state index contributed by atoms with van der Waals surface area (Å²) in [6.45, 7) is 7.15. The first-order chi connectivity index (χ1) is 8.70. The van der Waals surface area contributed by atoms with Crippen LogP contribution in [0.1, 0.15) is 10.4 Å². The summed E-state index contributed by atoms with van der Waals surface area (Å²) in [6.07, 6.45) is 1.72. The van der Waals surface area contributed by atoms with Gasteiger partial charge in [-0.1, -0.05) is 12.1 Å². The van der Waals surface area contributed by atoms with Crippen LogP contribution in [-0.2, 0) is 0 Å². The maximum atomic E-state index is 10.5. The fourth-order valence-electron chi connectivity index (χ4n) is 1.43. The molecule has 0 aliphatic rings. The van der Waals surface area contributed by atoms with Gasteiger partial charge in [-0.2, -0.15) is 11.3 Å². The topological polar surface area (TPSA) is 47.5 Å². The summed E-state index contributed by atoms with van der Waals surface area (Å²) in [7, 11) is 0. The van der Waals surface area contributed by atoms with Crippen LogP contribution >= 0.6 is 11.3 Å². The molecule has 0 amide bonds. The van der Waals surface area contributed by atoms with Gasteiger partial charge in [0.25, 0.3) is 5.69 Å². The van der Waals surface area contributed by atoms with Crippen LogP contribution in [0, 0.1) is 16.7 Å². The van der Waals surface area contributed by atoms with Gasteiger partial charge in [-0.3, -0.25) is 10.1 Å². The SMILES string of the molecule is [C-]#[N+]/C(=C\c1ccc([N+](=O)[O-])cc1)c1cccs1. The average molecular weight is 256 g/mol. The number of hydrogen-bond donors (Lipinski definition) is 0. The molecule has 0 aliphatic carbocycles. The Kier molecular flexibility index (Phi) is 3.51. The summed E-state index contributed by atoms with van der Waals surface area (Å²) in [6, 6.07) is 9.90. The van der Waals surface area contributed by atoms with Crippen molar-refractivity contribution in [2.45, 2.75) is 0 Å². The molecule has 0 fully saturated rings. The van der Waals surface area contributed by atoms with Gasteiger partial charge < -0.3 is 0 Å². The van der Waals surface area contributed by atoms with Gasteiger partial charge in [0.15, 0.2) is 0 Å². The van der Waals surface area contributed by atoms with Crippen LogP contribution < -0.4 is 0 Å². The number of nitrogens with zero attached hydrogens (tertiary/aromatic N) is 2. The molecule has 88 valence electrons. The lowest BCUT2D eigenvalue weighted by Crippen LogP contribution is -1.86. The Hall–Kier alpha value is -2.45. The fourth-order valence-corrected chi connectivity index (χ4v) is 2.12. The maximum Gasteiger partial charge on any atom is 0.269 e. The number of rotatable bonds is 3. The minimum absolute atomic E-state index is 0.0487. The molecule has 0 atom stereocenters. The van der Waals surface area contributed by atoms with Crippen molar-refractivity contribution >= 4 is 28.8 Å². The van der Waals surface area contributed by atoms with Gasteiger partial charge in [0.05, 0.1) is 11.5 Å². The van der Waals surface area contributed by atoms with E-state index in [9.17, 15) is 10.1 Å². The molecule has 0 unspecified atom stereocenters. The van der Waals surface area contributed by atoms with E-state index in [1.807, 2.05) is 17.5 Å².